The molecular formula is C6H11N5O. The van der Waals surface area contributed by atoms with Crippen molar-refractivity contribution >= 4 is 5.91 Å². The van der Waals surface area contributed by atoms with E-state index in [0.29, 0.717) is 12.2 Å². The molecule has 1 aromatic rings. The lowest BCUT2D eigenvalue weighted by Crippen LogP contribution is -2.09. The summed E-state index contributed by atoms with van der Waals surface area (Å²) in [6, 6.07) is 0. The number of rotatable bonds is 5. The van der Waals surface area contributed by atoms with Gasteiger partial charge in [0.05, 0.1) is 0 Å². The predicted molar refractivity (Wildman–Crippen MR) is 40.9 cm³/mol. The lowest BCUT2D eigenvalue weighted by atomic mass is 10.2. The van der Waals surface area contributed by atoms with Gasteiger partial charge < -0.3 is 5.73 Å². The van der Waals surface area contributed by atoms with Crippen LogP contribution in [0.5, 0.6) is 0 Å². The average Bonchev–Trinajstić information content (AvgIpc) is 2.49. The van der Waals surface area contributed by atoms with Crippen LogP contribution in [-0.2, 0) is 11.2 Å². The highest BCUT2D eigenvalue weighted by Gasteiger charge is 1.98. The van der Waals surface area contributed by atoms with Crippen molar-refractivity contribution in [1.82, 2.24) is 20.6 Å². The molecule has 0 aromatic carbocycles. The van der Waals surface area contributed by atoms with Crippen LogP contribution >= 0.6 is 0 Å². The Kier molecular flexibility index (Phi) is 3.18. The van der Waals surface area contributed by atoms with Gasteiger partial charge in [0.1, 0.15) is 0 Å². The first kappa shape index (κ1) is 8.63. The Morgan fingerprint density at radius 3 is 2.92 bits per heavy atom. The van der Waals surface area contributed by atoms with E-state index in [1.54, 1.807) is 0 Å². The number of carbonyl (C=O) groups excluding carboxylic acids is 1. The summed E-state index contributed by atoms with van der Waals surface area (Å²) in [4.78, 5) is 10.3. The number of nitrogens with two attached hydrogens (primary N) is 1. The number of tetrazole rings is 1. The lowest BCUT2D eigenvalue weighted by molar-refractivity contribution is -0.118. The van der Waals surface area contributed by atoms with Gasteiger partial charge in [-0.05, 0) is 12.8 Å². The third-order valence-corrected chi connectivity index (χ3v) is 1.46. The van der Waals surface area contributed by atoms with Crippen molar-refractivity contribution in [2.45, 2.75) is 25.7 Å². The summed E-state index contributed by atoms with van der Waals surface area (Å²) >= 11 is 0. The number of H-pyrrole nitrogens is 1. The topological polar surface area (TPSA) is 97.5 Å². The van der Waals surface area contributed by atoms with E-state index in [1.807, 2.05) is 0 Å². The number of aromatic amines is 1. The Morgan fingerprint density at radius 1 is 1.50 bits per heavy atom. The molecule has 0 spiro atoms. The molecule has 1 amide bonds. The molecule has 0 saturated carbocycles. The summed E-state index contributed by atoms with van der Waals surface area (Å²) in [6.07, 6.45) is 2.81. The molecule has 12 heavy (non-hydrogen) atoms. The summed E-state index contributed by atoms with van der Waals surface area (Å²) in [5.41, 5.74) is 4.96. The number of aryl methyl sites for hydroxylation is 1. The normalized spacial score (nSPS) is 10.0. The van der Waals surface area contributed by atoms with Crippen LogP contribution in [-0.4, -0.2) is 26.5 Å². The third kappa shape index (κ3) is 3.09. The summed E-state index contributed by atoms with van der Waals surface area (Å²) in [6.45, 7) is 0. The average molecular weight is 169 g/mol. The van der Waals surface area contributed by atoms with E-state index in [-0.39, 0.29) is 5.91 Å². The number of hydrogen-bond acceptors (Lipinski definition) is 4. The van der Waals surface area contributed by atoms with Gasteiger partial charge in [-0.2, -0.15) is 5.21 Å². The molecule has 0 saturated heterocycles. The number of amides is 1. The number of nitrogens with zero attached hydrogens (tertiary/aromatic N) is 3. The molecule has 0 bridgehead atoms. The molecule has 0 aliphatic heterocycles. The first-order chi connectivity index (χ1) is 5.79. The number of hydrogen-bond donors (Lipinski definition) is 2. The van der Waals surface area contributed by atoms with Crippen molar-refractivity contribution in [2.24, 2.45) is 5.73 Å². The largest absolute Gasteiger partial charge is 0.370 e. The van der Waals surface area contributed by atoms with Crippen molar-refractivity contribution in [2.75, 3.05) is 0 Å². The molecule has 0 radical (unpaired) electrons. The van der Waals surface area contributed by atoms with Crippen LogP contribution < -0.4 is 5.73 Å². The van der Waals surface area contributed by atoms with Gasteiger partial charge in [-0.25, -0.2) is 0 Å². The molecule has 66 valence electrons. The lowest BCUT2D eigenvalue weighted by Gasteiger charge is -1.93. The van der Waals surface area contributed by atoms with Crippen molar-refractivity contribution in [1.29, 1.82) is 0 Å². The number of unbranched alkanes of at least 4 members (excludes halogenated alkanes) is 1. The maximum Gasteiger partial charge on any atom is 0.217 e. The Hall–Kier alpha value is -1.46. The van der Waals surface area contributed by atoms with Gasteiger partial charge in [0.25, 0.3) is 0 Å². The second-order valence-corrected chi connectivity index (χ2v) is 2.50. The maximum absolute atomic E-state index is 10.3. The second kappa shape index (κ2) is 4.42. The number of nitrogens with one attached hydrogen (secondary N) is 1. The van der Waals surface area contributed by atoms with Crippen molar-refractivity contribution in [3.8, 4) is 0 Å². The minimum atomic E-state index is -0.261. The van der Waals surface area contributed by atoms with Gasteiger partial charge in [0.2, 0.25) is 5.91 Å². The van der Waals surface area contributed by atoms with Gasteiger partial charge >= 0.3 is 0 Å². The van der Waals surface area contributed by atoms with E-state index in [1.165, 1.54) is 0 Å². The molecular weight excluding hydrogens is 158 g/mol. The Balaban J connectivity index is 2.07. The highest BCUT2D eigenvalue weighted by molar-refractivity contribution is 5.73. The highest BCUT2D eigenvalue weighted by atomic mass is 16.1. The number of aromatic nitrogens is 4. The van der Waals surface area contributed by atoms with Gasteiger partial charge in [-0.3, -0.25) is 4.79 Å². The van der Waals surface area contributed by atoms with Crippen LogP contribution in [0.1, 0.15) is 25.1 Å². The SMILES string of the molecule is NC(=O)CCCCc1nn[nH]n1. The van der Waals surface area contributed by atoms with Gasteiger partial charge in [-0.15, -0.1) is 10.2 Å². The standard InChI is InChI=1S/C6H11N5O/c7-5(12)3-1-2-4-6-8-10-11-9-6/h1-4H2,(H2,7,12)(H,8,9,10,11). The fourth-order valence-electron chi connectivity index (χ4n) is 0.871. The van der Waals surface area contributed by atoms with Crippen molar-refractivity contribution in [3.05, 3.63) is 5.82 Å². The Labute approximate surface area is 69.5 Å². The fourth-order valence-corrected chi connectivity index (χ4v) is 0.871. The monoisotopic (exact) mass is 169 g/mol. The van der Waals surface area contributed by atoms with Crippen molar-refractivity contribution < 1.29 is 4.79 Å². The van der Waals surface area contributed by atoms with E-state index in [0.717, 1.165) is 19.3 Å². The maximum atomic E-state index is 10.3. The molecule has 1 heterocycles. The summed E-state index contributed by atoms with van der Waals surface area (Å²) in [7, 11) is 0. The van der Waals surface area contributed by atoms with Crippen LogP contribution in [0.15, 0.2) is 0 Å². The number of carbonyl (C=O) groups is 1. The van der Waals surface area contributed by atoms with Gasteiger partial charge in [0, 0.05) is 12.8 Å². The van der Waals surface area contributed by atoms with E-state index < -0.39 is 0 Å². The molecule has 1 rings (SSSR count). The molecule has 6 nitrogen and oxygen atoms in total. The van der Waals surface area contributed by atoms with Gasteiger partial charge in [0.15, 0.2) is 5.82 Å². The molecule has 3 N–H and O–H groups in total. The van der Waals surface area contributed by atoms with Crippen LogP contribution in [0, 0.1) is 0 Å². The first-order valence-electron chi connectivity index (χ1n) is 3.79. The zero-order valence-electron chi connectivity index (χ0n) is 6.66. The van der Waals surface area contributed by atoms with E-state index in [9.17, 15) is 4.79 Å². The molecule has 0 unspecified atom stereocenters. The van der Waals surface area contributed by atoms with Crippen molar-refractivity contribution in [3.63, 3.8) is 0 Å². The quantitative estimate of drug-likeness (QED) is 0.575. The molecule has 0 fully saturated rings. The molecule has 0 aliphatic carbocycles. The van der Waals surface area contributed by atoms with E-state index >= 15 is 0 Å². The third-order valence-electron chi connectivity index (χ3n) is 1.46. The van der Waals surface area contributed by atoms with Crippen LogP contribution in [0.3, 0.4) is 0 Å². The van der Waals surface area contributed by atoms with E-state index in [4.69, 9.17) is 5.73 Å². The molecule has 0 aliphatic rings. The minimum Gasteiger partial charge on any atom is -0.370 e. The minimum absolute atomic E-state index is 0.261. The Bertz CT molecular complexity index is 232. The van der Waals surface area contributed by atoms with Gasteiger partial charge in [-0.1, -0.05) is 5.21 Å². The molecule has 6 heteroatoms. The second-order valence-electron chi connectivity index (χ2n) is 2.50. The summed E-state index contributed by atoms with van der Waals surface area (Å²) in [5.74, 6) is 0.419. The molecule has 1 aromatic heterocycles. The van der Waals surface area contributed by atoms with E-state index in [2.05, 4.69) is 20.6 Å². The zero-order chi connectivity index (χ0) is 8.81. The van der Waals surface area contributed by atoms with Crippen LogP contribution in [0.2, 0.25) is 0 Å². The van der Waals surface area contributed by atoms with Crippen LogP contribution in [0.4, 0.5) is 0 Å². The first-order valence-corrected chi connectivity index (χ1v) is 3.79. The summed E-state index contributed by atoms with van der Waals surface area (Å²) in [5, 5.41) is 13.3. The summed E-state index contributed by atoms with van der Waals surface area (Å²) < 4.78 is 0. The Morgan fingerprint density at radius 2 is 2.33 bits per heavy atom. The fraction of sp³-hybridized carbons (Fsp3) is 0.667. The molecule has 0 atom stereocenters. The van der Waals surface area contributed by atoms with Crippen LogP contribution in [0.25, 0.3) is 0 Å². The smallest absolute Gasteiger partial charge is 0.217 e. The predicted octanol–water partition coefficient (Wildman–Crippen LogP) is -0.602. The zero-order valence-corrected chi connectivity index (χ0v) is 6.66. The highest BCUT2D eigenvalue weighted by Crippen LogP contribution is 1.99. The number of primary amides is 1.